The van der Waals surface area contributed by atoms with Crippen LogP contribution in [0.4, 0.5) is 0 Å². The quantitative estimate of drug-likeness (QED) is 0.845. The Morgan fingerprint density at radius 3 is 2.43 bits per heavy atom. The van der Waals surface area contributed by atoms with Gasteiger partial charge in [-0.05, 0) is 50.8 Å². The van der Waals surface area contributed by atoms with Crippen LogP contribution in [-0.2, 0) is 0 Å². The van der Waals surface area contributed by atoms with Crippen LogP contribution in [0.5, 0.6) is 0 Å². The summed E-state index contributed by atoms with van der Waals surface area (Å²) in [6.45, 7) is 6.16. The van der Waals surface area contributed by atoms with Crippen LogP contribution in [0.25, 0.3) is 11.0 Å². The Morgan fingerprint density at radius 1 is 1.09 bits per heavy atom. The van der Waals surface area contributed by atoms with Crippen LogP contribution < -0.4 is 0 Å². The zero-order valence-corrected chi connectivity index (χ0v) is 14.5. The number of aryl methyl sites for hydroxylation is 2. The molecule has 4 heteroatoms. The number of hydrogen-bond donors (Lipinski definition) is 0. The Morgan fingerprint density at radius 2 is 1.74 bits per heavy atom. The Bertz CT molecular complexity index is 741. The number of carbonyl (C=O) groups is 1. The molecule has 0 bridgehead atoms. The molecule has 1 aromatic heterocycles. The van der Waals surface area contributed by atoms with Crippen LogP contribution in [0, 0.1) is 19.8 Å². The molecule has 23 heavy (non-hydrogen) atoms. The van der Waals surface area contributed by atoms with Crippen LogP contribution in [0.3, 0.4) is 0 Å². The molecule has 0 radical (unpaired) electrons. The van der Waals surface area contributed by atoms with E-state index in [4.69, 9.17) is 0 Å². The molecule has 0 N–H and O–H groups in total. The lowest BCUT2D eigenvalue weighted by molar-refractivity contribution is 0.0629. The molecule has 2 aromatic rings. The SMILES string of the molecule is Cc1nc2ccc(C(=O)N(C)C3CCCCC3C)cc2nc1C. The minimum atomic E-state index is 0.0886. The highest BCUT2D eigenvalue weighted by molar-refractivity contribution is 5.97. The van der Waals surface area contributed by atoms with Crippen molar-refractivity contribution in [1.82, 2.24) is 14.9 Å². The molecule has 1 heterocycles. The lowest BCUT2D eigenvalue weighted by Crippen LogP contribution is -2.42. The summed E-state index contributed by atoms with van der Waals surface area (Å²) in [5.74, 6) is 0.661. The van der Waals surface area contributed by atoms with Crippen molar-refractivity contribution in [3.63, 3.8) is 0 Å². The van der Waals surface area contributed by atoms with Gasteiger partial charge in [-0.25, -0.2) is 9.97 Å². The van der Waals surface area contributed by atoms with Crippen LogP contribution in [-0.4, -0.2) is 33.9 Å². The van der Waals surface area contributed by atoms with Crippen molar-refractivity contribution in [2.45, 2.75) is 52.5 Å². The minimum absolute atomic E-state index is 0.0886. The van der Waals surface area contributed by atoms with Gasteiger partial charge in [-0.3, -0.25) is 4.79 Å². The standard InChI is InChI=1S/C19H25N3O/c1-12-7-5-6-8-18(12)22(4)19(23)15-9-10-16-17(11-15)21-14(3)13(2)20-16/h9-12,18H,5-8H2,1-4H3. The number of carbonyl (C=O) groups excluding carboxylic acids is 1. The van der Waals surface area contributed by atoms with Gasteiger partial charge in [-0.1, -0.05) is 19.8 Å². The van der Waals surface area contributed by atoms with E-state index in [9.17, 15) is 4.79 Å². The number of nitrogens with zero attached hydrogens (tertiary/aromatic N) is 3. The van der Waals surface area contributed by atoms with Crippen molar-refractivity contribution >= 4 is 16.9 Å². The molecule has 0 aliphatic heterocycles. The smallest absolute Gasteiger partial charge is 0.253 e. The summed E-state index contributed by atoms with van der Waals surface area (Å²) in [4.78, 5) is 23.9. The lowest BCUT2D eigenvalue weighted by Gasteiger charge is -2.36. The minimum Gasteiger partial charge on any atom is -0.338 e. The van der Waals surface area contributed by atoms with E-state index in [1.165, 1.54) is 19.3 Å². The summed E-state index contributed by atoms with van der Waals surface area (Å²) in [5, 5.41) is 0. The monoisotopic (exact) mass is 311 g/mol. The van der Waals surface area contributed by atoms with Gasteiger partial charge in [-0.2, -0.15) is 0 Å². The van der Waals surface area contributed by atoms with Gasteiger partial charge >= 0.3 is 0 Å². The molecule has 122 valence electrons. The van der Waals surface area contributed by atoms with E-state index in [0.29, 0.717) is 17.5 Å². The van der Waals surface area contributed by atoms with Gasteiger partial charge in [0.25, 0.3) is 5.91 Å². The topological polar surface area (TPSA) is 46.1 Å². The zero-order chi connectivity index (χ0) is 16.6. The van der Waals surface area contributed by atoms with E-state index < -0.39 is 0 Å². The number of rotatable bonds is 2. The largest absolute Gasteiger partial charge is 0.338 e. The van der Waals surface area contributed by atoms with Crippen LogP contribution in [0.2, 0.25) is 0 Å². The maximum atomic E-state index is 12.9. The second kappa shape index (κ2) is 6.26. The summed E-state index contributed by atoms with van der Waals surface area (Å²) in [7, 11) is 1.94. The van der Waals surface area contributed by atoms with E-state index in [1.807, 2.05) is 44.0 Å². The molecule has 4 nitrogen and oxygen atoms in total. The summed E-state index contributed by atoms with van der Waals surface area (Å²) in [6.07, 6.45) is 4.82. The first-order chi connectivity index (χ1) is 11.0. The van der Waals surface area contributed by atoms with Crippen molar-refractivity contribution in [3.8, 4) is 0 Å². The zero-order valence-electron chi connectivity index (χ0n) is 14.5. The van der Waals surface area contributed by atoms with E-state index in [0.717, 1.165) is 28.8 Å². The van der Waals surface area contributed by atoms with Crippen molar-refractivity contribution in [1.29, 1.82) is 0 Å². The third-order valence-corrected chi connectivity index (χ3v) is 5.21. The maximum absolute atomic E-state index is 12.9. The molecule has 2 atom stereocenters. The fraction of sp³-hybridized carbons (Fsp3) is 0.526. The molecule has 0 spiro atoms. The van der Waals surface area contributed by atoms with Crippen molar-refractivity contribution in [2.24, 2.45) is 5.92 Å². The normalized spacial score (nSPS) is 21.4. The van der Waals surface area contributed by atoms with E-state index in [-0.39, 0.29) is 5.91 Å². The Kier molecular flexibility index (Phi) is 4.33. The number of hydrogen-bond acceptors (Lipinski definition) is 3. The fourth-order valence-electron chi connectivity index (χ4n) is 3.59. The average Bonchev–Trinajstić information content (AvgIpc) is 2.54. The molecule has 1 saturated carbocycles. The summed E-state index contributed by atoms with van der Waals surface area (Å²) in [5.41, 5.74) is 4.19. The second-order valence-electron chi connectivity index (χ2n) is 6.84. The Labute approximate surface area is 137 Å². The molecule has 1 aromatic carbocycles. The van der Waals surface area contributed by atoms with Gasteiger partial charge in [-0.15, -0.1) is 0 Å². The Hall–Kier alpha value is -1.97. The molecular formula is C19H25N3O. The van der Waals surface area contributed by atoms with Gasteiger partial charge in [0.05, 0.1) is 22.4 Å². The highest BCUT2D eigenvalue weighted by Gasteiger charge is 2.28. The highest BCUT2D eigenvalue weighted by Crippen LogP contribution is 2.28. The maximum Gasteiger partial charge on any atom is 0.253 e. The van der Waals surface area contributed by atoms with Crippen LogP contribution in [0.15, 0.2) is 18.2 Å². The number of fused-ring (bicyclic) bond motifs is 1. The Balaban J connectivity index is 1.89. The van der Waals surface area contributed by atoms with Crippen molar-refractivity contribution in [3.05, 3.63) is 35.2 Å². The predicted molar refractivity (Wildman–Crippen MR) is 92.5 cm³/mol. The lowest BCUT2D eigenvalue weighted by atomic mass is 9.85. The summed E-state index contributed by atoms with van der Waals surface area (Å²) in [6, 6.07) is 6.00. The summed E-state index contributed by atoms with van der Waals surface area (Å²) < 4.78 is 0. The van der Waals surface area contributed by atoms with Gasteiger partial charge < -0.3 is 4.90 Å². The van der Waals surface area contributed by atoms with Crippen molar-refractivity contribution in [2.75, 3.05) is 7.05 Å². The van der Waals surface area contributed by atoms with Crippen LogP contribution in [0.1, 0.15) is 54.4 Å². The third-order valence-electron chi connectivity index (χ3n) is 5.21. The molecule has 1 aliphatic rings. The van der Waals surface area contributed by atoms with E-state index >= 15 is 0 Å². The first-order valence-corrected chi connectivity index (χ1v) is 8.49. The van der Waals surface area contributed by atoms with Gasteiger partial charge in [0.1, 0.15) is 0 Å². The summed E-state index contributed by atoms with van der Waals surface area (Å²) >= 11 is 0. The number of amides is 1. The predicted octanol–water partition coefficient (Wildman–Crippen LogP) is 3.90. The molecular weight excluding hydrogens is 286 g/mol. The average molecular weight is 311 g/mol. The second-order valence-corrected chi connectivity index (χ2v) is 6.84. The first kappa shape index (κ1) is 15.9. The fourth-order valence-corrected chi connectivity index (χ4v) is 3.59. The van der Waals surface area contributed by atoms with Gasteiger partial charge in [0, 0.05) is 18.7 Å². The van der Waals surface area contributed by atoms with Crippen LogP contribution >= 0.6 is 0 Å². The van der Waals surface area contributed by atoms with Crippen molar-refractivity contribution < 1.29 is 4.79 Å². The van der Waals surface area contributed by atoms with E-state index in [1.54, 1.807) is 0 Å². The molecule has 2 unspecified atom stereocenters. The molecule has 3 rings (SSSR count). The van der Waals surface area contributed by atoms with E-state index in [2.05, 4.69) is 16.9 Å². The first-order valence-electron chi connectivity index (χ1n) is 8.49. The molecule has 1 amide bonds. The van der Waals surface area contributed by atoms with Gasteiger partial charge in [0.15, 0.2) is 0 Å². The highest BCUT2D eigenvalue weighted by atomic mass is 16.2. The third kappa shape index (κ3) is 3.07. The number of aromatic nitrogens is 2. The molecule has 1 fully saturated rings. The van der Waals surface area contributed by atoms with Gasteiger partial charge in [0.2, 0.25) is 0 Å². The number of benzene rings is 1. The molecule has 1 aliphatic carbocycles. The molecule has 0 saturated heterocycles.